The maximum Gasteiger partial charge on any atom is 0.264 e. The fraction of sp³-hybridized carbons (Fsp3) is 0.200. The minimum absolute atomic E-state index is 0.132. The van der Waals surface area contributed by atoms with E-state index in [2.05, 4.69) is 20.0 Å². The number of hydrogen-bond acceptors (Lipinski definition) is 6. The molecule has 9 heteroatoms. The predicted molar refractivity (Wildman–Crippen MR) is 91.9 cm³/mol. The van der Waals surface area contributed by atoms with Crippen molar-refractivity contribution in [1.82, 2.24) is 19.9 Å². The van der Waals surface area contributed by atoms with Gasteiger partial charge in [-0.2, -0.15) is 0 Å². The zero-order valence-electron chi connectivity index (χ0n) is 12.7. The summed E-state index contributed by atoms with van der Waals surface area (Å²) >= 11 is 5.77. The maximum atomic E-state index is 12.3. The van der Waals surface area contributed by atoms with Crippen LogP contribution in [0.15, 0.2) is 58.5 Å². The standard InChI is InChI=1S/C15H16ClN5O2S/c16-12-4-6-14(7-5-12)24(22,23)20-15-18-10-21(11-19-15)9-13-3-1-2-8-17-13/h1-8H,9-11H2,(H2,18,19,20). The number of guanidine groups is 1. The summed E-state index contributed by atoms with van der Waals surface area (Å²) in [7, 11) is -3.69. The van der Waals surface area contributed by atoms with Crippen LogP contribution in [0.2, 0.25) is 5.02 Å². The number of nitrogens with one attached hydrogen (secondary N) is 2. The smallest absolute Gasteiger partial charge is 0.264 e. The molecule has 1 aliphatic rings. The maximum absolute atomic E-state index is 12.3. The summed E-state index contributed by atoms with van der Waals surface area (Å²) in [5.74, 6) is 0.224. The Kier molecular flexibility index (Phi) is 4.98. The van der Waals surface area contributed by atoms with Crippen LogP contribution in [0.5, 0.6) is 0 Å². The molecule has 0 radical (unpaired) electrons. The molecule has 0 amide bonds. The third kappa shape index (κ3) is 4.22. The minimum Gasteiger partial charge on any atom is -0.343 e. The van der Waals surface area contributed by atoms with E-state index in [4.69, 9.17) is 11.6 Å². The summed E-state index contributed by atoms with van der Waals surface area (Å²) in [5, 5.41) is 3.44. The van der Waals surface area contributed by atoms with E-state index in [1.807, 2.05) is 23.1 Å². The van der Waals surface area contributed by atoms with Gasteiger partial charge in [0.1, 0.15) is 0 Å². The van der Waals surface area contributed by atoms with E-state index in [-0.39, 0.29) is 10.9 Å². The number of sulfonamides is 1. The normalized spacial score (nSPS) is 15.5. The van der Waals surface area contributed by atoms with Crippen molar-refractivity contribution < 1.29 is 8.42 Å². The van der Waals surface area contributed by atoms with Crippen molar-refractivity contribution in [3.8, 4) is 0 Å². The quantitative estimate of drug-likeness (QED) is 0.855. The Balaban J connectivity index is 1.62. The first-order chi connectivity index (χ1) is 11.5. The molecule has 0 spiro atoms. The van der Waals surface area contributed by atoms with E-state index in [1.165, 1.54) is 24.3 Å². The summed E-state index contributed by atoms with van der Waals surface area (Å²) < 4.78 is 27.0. The highest BCUT2D eigenvalue weighted by atomic mass is 35.5. The monoisotopic (exact) mass is 365 g/mol. The van der Waals surface area contributed by atoms with Crippen molar-refractivity contribution in [1.29, 1.82) is 0 Å². The molecule has 3 rings (SSSR count). The molecule has 0 unspecified atom stereocenters. The fourth-order valence-corrected chi connectivity index (χ4v) is 3.29. The van der Waals surface area contributed by atoms with Gasteiger partial charge in [-0.05, 0) is 36.4 Å². The Morgan fingerprint density at radius 3 is 2.62 bits per heavy atom. The number of nitrogens with zero attached hydrogens (tertiary/aromatic N) is 3. The Bertz CT molecular complexity index is 825. The zero-order chi connectivity index (χ0) is 17.0. The van der Waals surface area contributed by atoms with Crippen LogP contribution in [0.3, 0.4) is 0 Å². The summed E-state index contributed by atoms with van der Waals surface area (Å²) in [6.07, 6.45) is 1.74. The average Bonchev–Trinajstić information content (AvgIpc) is 2.58. The Morgan fingerprint density at radius 2 is 2.00 bits per heavy atom. The van der Waals surface area contributed by atoms with Crippen LogP contribution in [0, 0.1) is 0 Å². The second kappa shape index (κ2) is 7.16. The third-order valence-corrected chi connectivity index (χ3v) is 4.97. The molecule has 2 N–H and O–H groups in total. The second-order valence-corrected chi connectivity index (χ2v) is 7.31. The highest BCUT2D eigenvalue weighted by Gasteiger charge is 2.19. The SMILES string of the molecule is O=S(=O)(NC1=NCN(Cc2ccccn2)CN1)c1ccc(Cl)cc1. The molecule has 24 heavy (non-hydrogen) atoms. The number of rotatable bonds is 4. The molecule has 1 aromatic heterocycles. The first kappa shape index (κ1) is 16.7. The van der Waals surface area contributed by atoms with Crippen molar-refractivity contribution in [2.24, 2.45) is 4.99 Å². The minimum atomic E-state index is -3.69. The van der Waals surface area contributed by atoms with E-state index in [0.29, 0.717) is 24.9 Å². The third-order valence-electron chi connectivity index (χ3n) is 3.37. The molecule has 0 saturated heterocycles. The largest absolute Gasteiger partial charge is 0.343 e. The van der Waals surface area contributed by atoms with E-state index in [9.17, 15) is 8.42 Å². The van der Waals surface area contributed by atoms with Gasteiger partial charge >= 0.3 is 0 Å². The van der Waals surface area contributed by atoms with Gasteiger partial charge < -0.3 is 5.32 Å². The number of halogens is 1. The number of benzene rings is 1. The van der Waals surface area contributed by atoms with Crippen LogP contribution >= 0.6 is 11.6 Å². The van der Waals surface area contributed by atoms with Gasteiger partial charge in [0.25, 0.3) is 10.0 Å². The summed E-state index contributed by atoms with van der Waals surface area (Å²) in [6.45, 7) is 1.48. The van der Waals surface area contributed by atoms with Crippen LogP contribution in [-0.2, 0) is 16.6 Å². The van der Waals surface area contributed by atoms with Crippen LogP contribution in [0.4, 0.5) is 0 Å². The number of hydrogen-bond donors (Lipinski definition) is 2. The summed E-state index contributed by atoms with van der Waals surface area (Å²) in [6, 6.07) is 11.7. The van der Waals surface area contributed by atoms with Gasteiger partial charge in [0, 0.05) is 17.8 Å². The van der Waals surface area contributed by atoms with E-state index in [1.54, 1.807) is 6.20 Å². The molecule has 2 heterocycles. The Labute approximate surface area is 145 Å². The molecule has 1 aromatic carbocycles. The fourth-order valence-electron chi connectivity index (χ4n) is 2.16. The molecule has 1 aliphatic heterocycles. The summed E-state index contributed by atoms with van der Waals surface area (Å²) in [5.41, 5.74) is 0.930. The first-order valence-corrected chi connectivity index (χ1v) is 9.08. The lowest BCUT2D eigenvalue weighted by Crippen LogP contribution is -2.49. The molecule has 0 aliphatic carbocycles. The molecular weight excluding hydrogens is 350 g/mol. The van der Waals surface area contributed by atoms with Crippen LogP contribution < -0.4 is 10.0 Å². The topological polar surface area (TPSA) is 86.7 Å². The number of aliphatic imine (C=N–C) groups is 1. The van der Waals surface area contributed by atoms with Crippen LogP contribution in [-0.4, -0.2) is 37.6 Å². The van der Waals surface area contributed by atoms with Crippen molar-refractivity contribution in [3.63, 3.8) is 0 Å². The second-order valence-electron chi connectivity index (χ2n) is 5.19. The van der Waals surface area contributed by atoms with Gasteiger partial charge in [-0.25, -0.2) is 18.1 Å². The van der Waals surface area contributed by atoms with E-state index >= 15 is 0 Å². The lowest BCUT2D eigenvalue weighted by molar-refractivity contribution is 0.252. The van der Waals surface area contributed by atoms with Gasteiger partial charge in [-0.3, -0.25) is 9.88 Å². The van der Waals surface area contributed by atoms with E-state index < -0.39 is 10.0 Å². The van der Waals surface area contributed by atoms with Gasteiger partial charge in [0.15, 0.2) is 0 Å². The molecule has 0 bridgehead atoms. The van der Waals surface area contributed by atoms with Gasteiger partial charge in [-0.15, -0.1) is 0 Å². The number of aromatic nitrogens is 1. The molecule has 2 aromatic rings. The molecular formula is C15H16ClN5O2S. The highest BCUT2D eigenvalue weighted by molar-refractivity contribution is 7.90. The Hall–Kier alpha value is -2.16. The lowest BCUT2D eigenvalue weighted by Gasteiger charge is -2.26. The van der Waals surface area contributed by atoms with Crippen molar-refractivity contribution in [2.45, 2.75) is 11.4 Å². The van der Waals surface area contributed by atoms with Crippen LogP contribution in [0.1, 0.15) is 5.69 Å². The van der Waals surface area contributed by atoms with Crippen molar-refractivity contribution >= 4 is 27.6 Å². The molecule has 126 valence electrons. The molecule has 0 saturated carbocycles. The molecule has 7 nitrogen and oxygen atoms in total. The summed E-state index contributed by atoms with van der Waals surface area (Å²) in [4.78, 5) is 10.6. The first-order valence-electron chi connectivity index (χ1n) is 7.22. The van der Waals surface area contributed by atoms with Gasteiger partial charge in [0.05, 0.1) is 23.9 Å². The average molecular weight is 366 g/mol. The van der Waals surface area contributed by atoms with E-state index in [0.717, 1.165) is 5.69 Å². The predicted octanol–water partition coefficient (Wildman–Crippen LogP) is 1.39. The van der Waals surface area contributed by atoms with Crippen LogP contribution in [0.25, 0.3) is 0 Å². The molecule has 0 fully saturated rings. The van der Waals surface area contributed by atoms with Crippen molar-refractivity contribution in [2.75, 3.05) is 13.3 Å². The van der Waals surface area contributed by atoms with Gasteiger partial charge in [-0.1, -0.05) is 17.7 Å². The van der Waals surface area contributed by atoms with Gasteiger partial charge in [0.2, 0.25) is 5.96 Å². The lowest BCUT2D eigenvalue weighted by atomic mass is 10.3. The Morgan fingerprint density at radius 1 is 1.21 bits per heavy atom. The highest BCUT2D eigenvalue weighted by Crippen LogP contribution is 2.14. The molecule has 0 atom stereocenters. The zero-order valence-corrected chi connectivity index (χ0v) is 14.3. The number of pyridine rings is 1. The van der Waals surface area contributed by atoms with Crippen molar-refractivity contribution in [3.05, 3.63) is 59.4 Å².